The Labute approximate surface area is 145 Å². The van der Waals surface area contributed by atoms with Gasteiger partial charge in [0.05, 0.1) is 0 Å². The quantitative estimate of drug-likeness (QED) is 0.203. The van der Waals surface area contributed by atoms with Gasteiger partial charge in [0.2, 0.25) is 6.43 Å². The predicted octanol–water partition coefficient (Wildman–Crippen LogP) is 7.97. The Bertz CT molecular complexity index is 225. The lowest BCUT2D eigenvalue weighted by molar-refractivity contribution is 0.128. The summed E-state index contributed by atoms with van der Waals surface area (Å²) in [5.74, 6) is 0.477. The maximum atomic E-state index is 12.9. The molecular formula is C18H36F2S2. The first kappa shape index (κ1) is 22.6. The molecule has 0 N–H and O–H groups in total. The highest BCUT2D eigenvalue weighted by molar-refractivity contribution is 8.76. The molecule has 0 aliphatic heterocycles. The smallest absolute Gasteiger partial charge is 0.210 e. The van der Waals surface area contributed by atoms with Crippen LogP contribution in [0.1, 0.15) is 90.9 Å². The predicted molar refractivity (Wildman–Crippen MR) is 101 cm³/mol. The number of hydrogen-bond donors (Lipinski definition) is 0. The minimum absolute atomic E-state index is 0.0684. The molecule has 2 atom stereocenters. The third-order valence-corrected chi connectivity index (χ3v) is 6.60. The second kappa shape index (κ2) is 16.4. The monoisotopic (exact) mass is 354 g/mol. The number of hydrogen-bond acceptors (Lipinski definition) is 2. The Hall–Kier alpha value is 0.560. The topological polar surface area (TPSA) is 0 Å². The third-order valence-electron chi connectivity index (χ3n) is 4.26. The number of unbranched alkanes of at least 4 members (excludes halogenated alkanes) is 7. The van der Waals surface area contributed by atoms with Crippen molar-refractivity contribution in [2.24, 2.45) is 5.92 Å². The Balaban J connectivity index is 4.30. The molecule has 0 aliphatic rings. The van der Waals surface area contributed by atoms with Gasteiger partial charge in [-0.2, -0.15) is 0 Å². The van der Waals surface area contributed by atoms with Crippen molar-refractivity contribution in [3.8, 4) is 0 Å². The molecule has 134 valence electrons. The summed E-state index contributed by atoms with van der Waals surface area (Å²) in [6.45, 7) is 4.44. The maximum absolute atomic E-state index is 12.9. The largest absolute Gasteiger partial charge is 0.239 e. The molecule has 0 saturated heterocycles. The summed E-state index contributed by atoms with van der Waals surface area (Å²) < 4.78 is 25.8. The van der Waals surface area contributed by atoms with E-state index in [1.807, 2.05) is 6.26 Å². The van der Waals surface area contributed by atoms with Gasteiger partial charge >= 0.3 is 0 Å². The molecular weight excluding hydrogens is 318 g/mol. The van der Waals surface area contributed by atoms with Crippen LogP contribution in [0.4, 0.5) is 8.78 Å². The van der Waals surface area contributed by atoms with Crippen molar-refractivity contribution in [2.75, 3.05) is 6.26 Å². The van der Waals surface area contributed by atoms with Crippen LogP contribution in [-0.2, 0) is 0 Å². The van der Waals surface area contributed by atoms with E-state index in [4.69, 9.17) is 0 Å². The summed E-state index contributed by atoms with van der Waals surface area (Å²) >= 11 is 0. The van der Waals surface area contributed by atoms with Gasteiger partial charge in [0.25, 0.3) is 0 Å². The zero-order valence-electron chi connectivity index (χ0n) is 14.8. The fourth-order valence-electron chi connectivity index (χ4n) is 2.97. The van der Waals surface area contributed by atoms with E-state index in [0.717, 1.165) is 12.8 Å². The van der Waals surface area contributed by atoms with Gasteiger partial charge in [0, 0.05) is 11.7 Å². The van der Waals surface area contributed by atoms with Crippen LogP contribution in [0.15, 0.2) is 0 Å². The van der Waals surface area contributed by atoms with Crippen LogP contribution < -0.4 is 0 Å². The van der Waals surface area contributed by atoms with Crippen molar-refractivity contribution in [1.82, 2.24) is 0 Å². The molecule has 0 aromatic heterocycles. The summed E-state index contributed by atoms with van der Waals surface area (Å²) in [4.78, 5) is 0. The van der Waals surface area contributed by atoms with Gasteiger partial charge in [0.15, 0.2) is 0 Å². The minimum Gasteiger partial charge on any atom is -0.210 e. The van der Waals surface area contributed by atoms with Gasteiger partial charge in [-0.05, 0) is 25.0 Å². The lowest BCUT2D eigenvalue weighted by Gasteiger charge is -2.26. The highest BCUT2D eigenvalue weighted by atomic mass is 33.1. The van der Waals surface area contributed by atoms with E-state index < -0.39 is 6.43 Å². The SMILES string of the molecule is CCCCCCCC(CCCCCC)[C@H](CC(F)F)SSC. The fourth-order valence-corrected chi connectivity index (χ4v) is 5.32. The summed E-state index contributed by atoms with van der Waals surface area (Å²) in [5, 5.41) is 0.128. The summed E-state index contributed by atoms with van der Waals surface area (Å²) in [5.41, 5.74) is 0. The lowest BCUT2D eigenvalue weighted by Crippen LogP contribution is -2.20. The average Bonchev–Trinajstić information content (AvgIpc) is 2.48. The van der Waals surface area contributed by atoms with Crippen molar-refractivity contribution < 1.29 is 8.78 Å². The molecule has 0 aromatic rings. The average molecular weight is 355 g/mol. The molecule has 0 heterocycles. The van der Waals surface area contributed by atoms with Gasteiger partial charge < -0.3 is 0 Å². The first-order valence-electron chi connectivity index (χ1n) is 9.13. The van der Waals surface area contributed by atoms with Crippen LogP contribution in [0, 0.1) is 5.92 Å². The van der Waals surface area contributed by atoms with Gasteiger partial charge in [-0.3, -0.25) is 0 Å². The molecule has 1 unspecified atom stereocenters. The Morgan fingerprint density at radius 3 is 1.73 bits per heavy atom. The van der Waals surface area contributed by atoms with E-state index in [1.165, 1.54) is 57.8 Å². The van der Waals surface area contributed by atoms with Crippen LogP contribution in [0.25, 0.3) is 0 Å². The van der Waals surface area contributed by atoms with Crippen molar-refractivity contribution in [1.29, 1.82) is 0 Å². The van der Waals surface area contributed by atoms with Crippen molar-refractivity contribution in [2.45, 2.75) is 103 Å². The Morgan fingerprint density at radius 1 is 0.773 bits per heavy atom. The zero-order chi connectivity index (χ0) is 16.6. The second-order valence-corrected chi connectivity index (χ2v) is 8.95. The van der Waals surface area contributed by atoms with E-state index in [2.05, 4.69) is 13.8 Å². The molecule has 0 bridgehead atoms. The second-order valence-electron chi connectivity index (χ2n) is 6.24. The molecule has 0 nitrogen and oxygen atoms in total. The number of rotatable bonds is 16. The van der Waals surface area contributed by atoms with Crippen LogP contribution in [0.3, 0.4) is 0 Å². The standard InChI is InChI=1S/C18H36F2S2/c1-4-6-8-10-12-14-16(13-11-9-7-5-2)17(22-21-3)15-18(19)20/h16-18H,4-15H2,1-3H3/t16?,17-/m0/s1. The van der Waals surface area contributed by atoms with E-state index in [-0.39, 0.29) is 11.7 Å². The van der Waals surface area contributed by atoms with Crippen LogP contribution >= 0.6 is 21.6 Å². The van der Waals surface area contributed by atoms with Gasteiger partial charge in [-0.1, -0.05) is 93.2 Å². The van der Waals surface area contributed by atoms with E-state index in [1.54, 1.807) is 21.6 Å². The molecule has 4 heteroatoms. The fraction of sp³-hybridized carbons (Fsp3) is 1.00. The van der Waals surface area contributed by atoms with Crippen molar-refractivity contribution >= 4 is 21.6 Å². The van der Waals surface area contributed by atoms with Gasteiger partial charge in [0.1, 0.15) is 0 Å². The maximum Gasteiger partial charge on any atom is 0.239 e. The van der Waals surface area contributed by atoms with E-state index in [9.17, 15) is 8.78 Å². The molecule has 0 saturated carbocycles. The lowest BCUT2D eigenvalue weighted by atomic mass is 9.90. The first-order valence-corrected chi connectivity index (χ1v) is 11.7. The first-order chi connectivity index (χ1) is 10.7. The van der Waals surface area contributed by atoms with E-state index >= 15 is 0 Å². The molecule has 0 spiro atoms. The molecule has 0 amide bonds. The molecule has 0 rings (SSSR count). The van der Waals surface area contributed by atoms with Crippen molar-refractivity contribution in [3.05, 3.63) is 0 Å². The molecule has 22 heavy (non-hydrogen) atoms. The normalized spacial score (nSPS) is 14.5. The van der Waals surface area contributed by atoms with Crippen molar-refractivity contribution in [3.63, 3.8) is 0 Å². The number of alkyl halides is 2. The third kappa shape index (κ3) is 13.0. The van der Waals surface area contributed by atoms with Crippen LogP contribution in [0.2, 0.25) is 0 Å². The number of halogens is 2. The van der Waals surface area contributed by atoms with Crippen LogP contribution in [0.5, 0.6) is 0 Å². The summed E-state index contributed by atoms with van der Waals surface area (Å²) in [6, 6.07) is 0. The van der Waals surface area contributed by atoms with Crippen LogP contribution in [-0.4, -0.2) is 17.9 Å². The highest BCUT2D eigenvalue weighted by Gasteiger charge is 2.24. The summed E-state index contributed by atoms with van der Waals surface area (Å²) in [7, 11) is 3.34. The zero-order valence-corrected chi connectivity index (χ0v) is 16.4. The minimum atomic E-state index is -2.16. The molecule has 0 radical (unpaired) electrons. The van der Waals surface area contributed by atoms with Gasteiger partial charge in [-0.15, -0.1) is 0 Å². The van der Waals surface area contributed by atoms with Gasteiger partial charge in [-0.25, -0.2) is 8.78 Å². The highest BCUT2D eigenvalue weighted by Crippen LogP contribution is 2.38. The molecule has 0 aliphatic carbocycles. The van der Waals surface area contributed by atoms with E-state index in [0.29, 0.717) is 5.92 Å². The Morgan fingerprint density at radius 2 is 1.27 bits per heavy atom. The Kier molecular flexibility index (Phi) is 16.8. The molecule has 0 fully saturated rings. The molecule has 0 aromatic carbocycles. The summed E-state index contributed by atoms with van der Waals surface area (Å²) in [6.07, 6.45) is 13.5.